The minimum atomic E-state index is -0.254. The average Bonchev–Trinajstić information content (AvgIpc) is 2.80. The third-order valence-corrected chi connectivity index (χ3v) is 5.31. The molecule has 1 aliphatic rings. The maximum absolute atomic E-state index is 14.0. The van der Waals surface area contributed by atoms with Crippen LogP contribution in [0.5, 0.6) is 0 Å². The first kappa shape index (κ1) is 18.5. The van der Waals surface area contributed by atoms with Crippen molar-refractivity contribution in [1.82, 2.24) is 24.8 Å². The normalized spacial score (nSPS) is 13.8. The molecule has 0 atom stereocenters. The molecule has 148 valence electrons. The number of benzene rings is 1. The zero-order valence-corrected chi connectivity index (χ0v) is 16.4. The molecule has 0 amide bonds. The van der Waals surface area contributed by atoms with Crippen LogP contribution in [0.4, 0.5) is 4.39 Å². The summed E-state index contributed by atoms with van der Waals surface area (Å²) in [6, 6.07) is 14.5. The zero-order valence-electron chi connectivity index (χ0n) is 16.4. The molecular formula is C24H20FN5. The van der Waals surface area contributed by atoms with Crippen molar-refractivity contribution in [3.63, 3.8) is 0 Å². The molecule has 5 nitrogen and oxygen atoms in total. The van der Waals surface area contributed by atoms with E-state index >= 15 is 0 Å². The second kappa shape index (κ2) is 8.08. The Kier molecular flexibility index (Phi) is 4.99. The van der Waals surface area contributed by atoms with E-state index in [0.29, 0.717) is 11.3 Å². The van der Waals surface area contributed by atoms with Crippen LogP contribution in [0, 0.1) is 5.82 Å². The first-order valence-corrected chi connectivity index (χ1v) is 9.93. The van der Waals surface area contributed by atoms with Gasteiger partial charge in [-0.2, -0.15) is 0 Å². The Bertz CT molecular complexity index is 1160. The zero-order chi connectivity index (χ0) is 20.3. The SMILES string of the molecule is Fc1ccccc1-c1ccc(CN2CCc3nc(-c4cccnc4)ncc3C2)cn1. The molecule has 0 saturated heterocycles. The van der Waals surface area contributed by atoms with E-state index in [0.717, 1.165) is 54.3 Å². The number of rotatable bonds is 4. The van der Waals surface area contributed by atoms with Crippen molar-refractivity contribution in [2.24, 2.45) is 0 Å². The van der Waals surface area contributed by atoms with Crippen LogP contribution >= 0.6 is 0 Å². The molecule has 0 unspecified atom stereocenters. The van der Waals surface area contributed by atoms with Crippen molar-refractivity contribution in [3.8, 4) is 22.6 Å². The van der Waals surface area contributed by atoms with Crippen LogP contribution in [0.1, 0.15) is 16.8 Å². The fraction of sp³-hybridized carbons (Fsp3) is 0.167. The van der Waals surface area contributed by atoms with E-state index in [1.807, 2.05) is 42.7 Å². The van der Waals surface area contributed by atoms with Gasteiger partial charge < -0.3 is 0 Å². The highest BCUT2D eigenvalue weighted by molar-refractivity contribution is 5.59. The predicted octanol–water partition coefficient (Wildman–Crippen LogP) is 4.30. The topological polar surface area (TPSA) is 54.8 Å². The summed E-state index contributed by atoms with van der Waals surface area (Å²) < 4.78 is 14.0. The first-order chi connectivity index (χ1) is 14.8. The summed E-state index contributed by atoms with van der Waals surface area (Å²) in [5, 5.41) is 0. The lowest BCUT2D eigenvalue weighted by atomic mass is 10.1. The highest BCUT2D eigenvalue weighted by Gasteiger charge is 2.19. The van der Waals surface area contributed by atoms with E-state index in [2.05, 4.69) is 19.9 Å². The molecule has 0 aliphatic carbocycles. The Balaban J connectivity index is 1.28. The lowest BCUT2D eigenvalue weighted by molar-refractivity contribution is 0.242. The summed E-state index contributed by atoms with van der Waals surface area (Å²) in [5.74, 6) is 0.472. The molecule has 1 aromatic carbocycles. The molecule has 0 saturated carbocycles. The number of hydrogen-bond acceptors (Lipinski definition) is 5. The average molecular weight is 397 g/mol. The van der Waals surface area contributed by atoms with Crippen LogP contribution in [0.25, 0.3) is 22.6 Å². The van der Waals surface area contributed by atoms with Crippen LogP contribution in [-0.2, 0) is 19.5 Å². The number of pyridine rings is 2. The van der Waals surface area contributed by atoms with Gasteiger partial charge in [0.25, 0.3) is 0 Å². The quantitative estimate of drug-likeness (QED) is 0.514. The van der Waals surface area contributed by atoms with Crippen LogP contribution in [-0.4, -0.2) is 31.4 Å². The first-order valence-electron chi connectivity index (χ1n) is 9.93. The van der Waals surface area contributed by atoms with E-state index in [1.165, 1.54) is 6.07 Å². The number of hydrogen-bond donors (Lipinski definition) is 0. The van der Waals surface area contributed by atoms with Gasteiger partial charge in [-0.25, -0.2) is 14.4 Å². The van der Waals surface area contributed by atoms with Crippen LogP contribution < -0.4 is 0 Å². The Morgan fingerprint density at radius 2 is 1.87 bits per heavy atom. The van der Waals surface area contributed by atoms with Crippen molar-refractivity contribution < 1.29 is 4.39 Å². The second-order valence-electron chi connectivity index (χ2n) is 7.40. The van der Waals surface area contributed by atoms with Gasteiger partial charge in [0.05, 0.1) is 11.4 Å². The van der Waals surface area contributed by atoms with Gasteiger partial charge in [0.15, 0.2) is 5.82 Å². The minimum Gasteiger partial charge on any atom is -0.294 e. The Morgan fingerprint density at radius 1 is 0.933 bits per heavy atom. The molecule has 0 spiro atoms. The predicted molar refractivity (Wildman–Crippen MR) is 113 cm³/mol. The maximum atomic E-state index is 14.0. The Hall–Kier alpha value is -3.51. The fourth-order valence-corrected chi connectivity index (χ4v) is 3.75. The summed E-state index contributed by atoms with van der Waals surface area (Å²) in [7, 11) is 0. The van der Waals surface area contributed by atoms with Gasteiger partial charge in [-0.15, -0.1) is 0 Å². The summed E-state index contributed by atoms with van der Waals surface area (Å²) >= 11 is 0. The van der Waals surface area contributed by atoms with Gasteiger partial charge in [-0.3, -0.25) is 14.9 Å². The number of aromatic nitrogens is 4. The van der Waals surface area contributed by atoms with Gasteiger partial charge in [0, 0.05) is 67.5 Å². The highest BCUT2D eigenvalue weighted by atomic mass is 19.1. The highest BCUT2D eigenvalue weighted by Crippen LogP contribution is 2.23. The van der Waals surface area contributed by atoms with E-state index in [9.17, 15) is 4.39 Å². The minimum absolute atomic E-state index is 0.254. The van der Waals surface area contributed by atoms with Gasteiger partial charge in [-0.1, -0.05) is 18.2 Å². The lowest BCUT2D eigenvalue weighted by Gasteiger charge is -2.28. The van der Waals surface area contributed by atoms with E-state index in [1.54, 1.807) is 24.5 Å². The third-order valence-electron chi connectivity index (χ3n) is 5.31. The van der Waals surface area contributed by atoms with E-state index < -0.39 is 0 Å². The molecule has 5 rings (SSSR count). The van der Waals surface area contributed by atoms with Gasteiger partial charge in [-0.05, 0) is 35.9 Å². The van der Waals surface area contributed by atoms with Crippen molar-refractivity contribution in [2.75, 3.05) is 6.54 Å². The molecule has 0 N–H and O–H groups in total. The van der Waals surface area contributed by atoms with Crippen molar-refractivity contribution in [1.29, 1.82) is 0 Å². The number of nitrogens with zero attached hydrogens (tertiary/aromatic N) is 5. The molecule has 0 radical (unpaired) electrons. The van der Waals surface area contributed by atoms with E-state index in [-0.39, 0.29) is 5.82 Å². The van der Waals surface area contributed by atoms with Crippen LogP contribution in [0.3, 0.4) is 0 Å². The molecule has 30 heavy (non-hydrogen) atoms. The monoisotopic (exact) mass is 397 g/mol. The summed E-state index contributed by atoms with van der Waals surface area (Å²) in [5.41, 5.74) is 5.47. The van der Waals surface area contributed by atoms with Crippen molar-refractivity contribution in [3.05, 3.63) is 96.0 Å². The van der Waals surface area contributed by atoms with Gasteiger partial charge in [0.2, 0.25) is 0 Å². The molecular weight excluding hydrogens is 377 g/mol. The summed E-state index contributed by atoms with van der Waals surface area (Å²) in [6.45, 7) is 2.51. The molecule has 4 aromatic rings. The molecule has 0 bridgehead atoms. The van der Waals surface area contributed by atoms with Crippen molar-refractivity contribution in [2.45, 2.75) is 19.5 Å². The molecule has 4 heterocycles. The standard InChI is InChI=1S/C24H20FN5/c25-21-6-2-1-5-20(21)23-8-7-17(12-27-23)15-30-11-9-22-19(16-30)14-28-24(29-22)18-4-3-10-26-13-18/h1-8,10,12-14H,9,11,15-16H2. The smallest absolute Gasteiger partial charge is 0.160 e. The Morgan fingerprint density at radius 3 is 2.67 bits per heavy atom. The Labute approximate surface area is 174 Å². The molecule has 6 heteroatoms. The maximum Gasteiger partial charge on any atom is 0.160 e. The van der Waals surface area contributed by atoms with Crippen molar-refractivity contribution >= 4 is 0 Å². The molecule has 0 fully saturated rings. The second-order valence-corrected chi connectivity index (χ2v) is 7.40. The van der Waals surface area contributed by atoms with Gasteiger partial charge in [0.1, 0.15) is 5.82 Å². The summed E-state index contributed by atoms with van der Waals surface area (Å²) in [6.07, 6.45) is 8.17. The van der Waals surface area contributed by atoms with Crippen LogP contribution in [0.2, 0.25) is 0 Å². The third kappa shape index (κ3) is 3.82. The van der Waals surface area contributed by atoms with Gasteiger partial charge >= 0.3 is 0 Å². The number of fused-ring (bicyclic) bond motifs is 1. The molecule has 3 aromatic heterocycles. The number of halogens is 1. The molecule has 1 aliphatic heterocycles. The summed E-state index contributed by atoms with van der Waals surface area (Å²) in [4.78, 5) is 20.3. The lowest BCUT2D eigenvalue weighted by Crippen LogP contribution is -2.31. The van der Waals surface area contributed by atoms with E-state index in [4.69, 9.17) is 4.98 Å². The van der Waals surface area contributed by atoms with Crippen LogP contribution in [0.15, 0.2) is 73.3 Å². The fourth-order valence-electron chi connectivity index (χ4n) is 3.75. The largest absolute Gasteiger partial charge is 0.294 e.